The summed E-state index contributed by atoms with van der Waals surface area (Å²) in [4.78, 5) is 11.7. The Morgan fingerprint density at radius 1 is 1.53 bits per heavy atom. The van der Waals surface area contributed by atoms with Gasteiger partial charge in [-0.3, -0.25) is 4.79 Å². The van der Waals surface area contributed by atoms with Gasteiger partial charge in [0.15, 0.2) is 0 Å². The van der Waals surface area contributed by atoms with E-state index in [1.807, 2.05) is 13.8 Å². The standard InChI is InChI=1S/C9H17N5O2S/c1-6(2)10-8(16)7(3)17-9-11-12-13-14(9)4-5-15/h6-7,15H,4-5H2,1-3H3,(H,10,16). The van der Waals surface area contributed by atoms with Gasteiger partial charge in [0.1, 0.15) is 0 Å². The Morgan fingerprint density at radius 3 is 2.82 bits per heavy atom. The van der Waals surface area contributed by atoms with Gasteiger partial charge in [0.25, 0.3) is 0 Å². The number of aromatic nitrogens is 4. The molecule has 0 saturated carbocycles. The molecule has 1 unspecified atom stereocenters. The molecule has 0 bridgehead atoms. The lowest BCUT2D eigenvalue weighted by Gasteiger charge is -2.13. The summed E-state index contributed by atoms with van der Waals surface area (Å²) in [5.74, 6) is -0.0523. The summed E-state index contributed by atoms with van der Waals surface area (Å²) in [6.45, 7) is 5.90. The predicted octanol–water partition coefficient (Wildman–Crippen LogP) is -0.329. The third-order valence-electron chi connectivity index (χ3n) is 1.89. The van der Waals surface area contributed by atoms with Crippen LogP contribution in [0.2, 0.25) is 0 Å². The van der Waals surface area contributed by atoms with Gasteiger partial charge in [0, 0.05) is 6.04 Å². The lowest BCUT2D eigenvalue weighted by molar-refractivity contribution is -0.120. The van der Waals surface area contributed by atoms with E-state index in [0.717, 1.165) is 0 Å². The van der Waals surface area contributed by atoms with Crippen molar-refractivity contribution >= 4 is 17.7 Å². The van der Waals surface area contributed by atoms with Crippen molar-refractivity contribution in [3.8, 4) is 0 Å². The van der Waals surface area contributed by atoms with Crippen LogP contribution in [0.1, 0.15) is 20.8 Å². The zero-order valence-electron chi connectivity index (χ0n) is 10.1. The quantitative estimate of drug-likeness (QED) is 0.680. The van der Waals surface area contributed by atoms with Crippen LogP contribution in [0.3, 0.4) is 0 Å². The molecule has 7 nitrogen and oxygen atoms in total. The van der Waals surface area contributed by atoms with E-state index in [2.05, 4.69) is 20.8 Å². The fourth-order valence-electron chi connectivity index (χ4n) is 1.13. The van der Waals surface area contributed by atoms with E-state index in [1.165, 1.54) is 16.4 Å². The second-order valence-corrected chi connectivity index (χ2v) is 5.14. The Labute approximate surface area is 104 Å². The summed E-state index contributed by atoms with van der Waals surface area (Å²) < 4.78 is 1.48. The van der Waals surface area contributed by atoms with Crippen molar-refractivity contribution in [1.29, 1.82) is 0 Å². The van der Waals surface area contributed by atoms with Gasteiger partial charge in [-0.25, -0.2) is 4.68 Å². The molecular formula is C9H17N5O2S. The molecule has 1 aromatic rings. The number of nitrogens with one attached hydrogen (secondary N) is 1. The minimum absolute atomic E-state index is 0.0365. The van der Waals surface area contributed by atoms with Crippen LogP contribution in [0, 0.1) is 0 Å². The van der Waals surface area contributed by atoms with Gasteiger partial charge < -0.3 is 10.4 Å². The fraction of sp³-hybridized carbons (Fsp3) is 0.778. The Morgan fingerprint density at radius 2 is 2.24 bits per heavy atom. The van der Waals surface area contributed by atoms with Gasteiger partial charge in [-0.05, 0) is 31.2 Å². The summed E-state index contributed by atoms with van der Waals surface area (Å²) in [7, 11) is 0. The molecule has 0 aliphatic carbocycles. The highest BCUT2D eigenvalue weighted by Gasteiger charge is 2.18. The first-order valence-corrected chi connectivity index (χ1v) is 6.26. The van der Waals surface area contributed by atoms with E-state index in [-0.39, 0.29) is 23.8 Å². The SMILES string of the molecule is CC(C)NC(=O)C(C)Sc1nnnn1CCO. The zero-order valence-corrected chi connectivity index (χ0v) is 10.9. The predicted molar refractivity (Wildman–Crippen MR) is 63.5 cm³/mol. The molecular weight excluding hydrogens is 242 g/mol. The highest BCUT2D eigenvalue weighted by molar-refractivity contribution is 8.00. The number of carbonyl (C=O) groups excluding carboxylic acids is 1. The van der Waals surface area contributed by atoms with E-state index in [4.69, 9.17) is 5.11 Å². The summed E-state index contributed by atoms with van der Waals surface area (Å²) in [6.07, 6.45) is 0. The average molecular weight is 259 g/mol. The van der Waals surface area contributed by atoms with Crippen molar-refractivity contribution in [3.05, 3.63) is 0 Å². The van der Waals surface area contributed by atoms with Gasteiger partial charge in [-0.2, -0.15) is 0 Å². The van der Waals surface area contributed by atoms with Crippen LogP contribution in [0.5, 0.6) is 0 Å². The average Bonchev–Trinajstić information content (AvgIpc) is 2.65. The van der Waals surface area contributed by atoms with Crippen molar-refractivity contribution in [1.82, 2.24) is 25.5 Å². The maximum atomic E-state index is 11.7. The van der Waals surface area contributed by atoms with Gasteiger partial charge >= 0.3 is 0 Å². The van der Waals surface area contributed by atoms with E-state index >= 15 is 0 Å². The van der Waals surface area contributed by atoms with Crippen LogP contribution in [-0.4, -0.2) is 49.1 Å². The van der Waals surface area contributed by atoms with Gasteiger partial charge in [0.05, 0.1) is 18.4 Å². The molecule has 0 aromatic carbocycles. The molecule has 17 heavy (non-hydrogen) atoms. The lowest BCUT2D eigenvalue weighted by Crippen LogP contribution is -2.36. The Kier molecular flexibility index (Phi) is 5.36. The highest BCUT2D eigenvalue weighted by atomic mass is 32.2. The molecule has 0 radical (unpaired) electrons. The molecule has 1 atom stereocenters. The highest BCUT2D eigenvalue weighted by Crippen LogP contribution is 2.19. The molecule has 0 spiro atoms. The molecule has 1 aromatic heterocycles. The van der Waals surface area contributed by atoms with Crippen LogP contribution < -0.4 is 5.32 Å². The summed E-state index contributed by atoms with van der Waals surface area (Å²) in [5.41, 5.74) is 0. The van der Waals surface area contributed by atoms with E-state index in [0.29, 0.717) is 11.7 Å². The number of tetrazole rings is 1. The van der Waals surface area contributed by atoms with Crippen molar-refractivity contribution < 1.29 is 9.90 Å². The molecule has 2 N–H and O–H groups in total. The first-order valence-electron chi connectivity index (χ1n) is 5.38. The molecule has 0 aliphatic rings. The zero-order chi connectivity index (χ0) is 12.8. The Bertz CT molecular complexity index is 368. The maximum absolute atomic E-state index is 11.7. The number of aliphatic hydroxyl groups is 1. The van der Waals surface area contributed by atoms with Crippen LogP contribution in [0.25, 0.3) is 0 Å². The minimum Gasteiger partial charge on any atom is -0.394 e. The second kappa shape index (κ2) is 6.55. The van der Waals surface area contributed by atoms with Crippen molar-refractivity contribution in [2.75, 3.05) is 6.61 Å². The summed E-state index contributed by atoms with van der Waals surface area (Å²) in [6, 6.07) is 0.110. The molecule has 0 aliphatic heterocycles. The van der Waals surface area contributed by atoms with Crippen LogP contribution in [0.4, 0.5) is 0 Å². The normalized spacial score (nSPS) is 12.8. The number of hydrogen-bond donors (Lipinski definition) is 2. The number of nitrogens with zero attached hydrogens (tertiary/aromatic N) is 4. The van der Waals surface area contributed by atoms with Crippen LogP contribution >= 0.6 is 11.8 Å². The second-order valence-electron chi connectivity index (χ2n) is 3.83. The van der Waals surface area contributed by atoms with Gasteiger partial charge in [-0.15, -0.1) is 5.10 Å². The number of hydrogen-bond acceptors (Lipinski definition) is 6. The van der Waals surface area contributed by atoms with Gasteiger partial charge in [0.2, 0.25) is 11.1 Å². The number of carbonyl (C=O) groups is 1. The maximum Gasteiger partial charge on any atom is 0.233 e. The lowest BCUT2D eigenvalue weighted by atomic mass is 10.3. The summed E-state index contributed by atoms with van der Waals surface area (Å²) in [5, 5.41) is 22.9. The van der Waals surface area contributed by atoms with E-state index < -0.39 is 0 Å². The molecule has 1 rings (SSSR count). The van der Waals surface area contributed by atoms with Gasteiger partial charge in [-0.1, -0.05) is 11.8 Å². The molecule has 1 amide bonds. The first kappa shape index (κ1) is 13.9. The van der Waals surface area contributed by atoms with Crippen molar-refractivity contribution in [2.24, 2.45) is 0 Å². The minimum atomic E-state index is -0.277. The Hall–Kier alpha value is -1.15. The topological polar surface area (TPSA) is 92.9 Å². The Balaban J connectivity index is 2.57. The third-order valence-corrected chi connectivity index (χ3v) is 2.96. The third kappa shape index (κ3) is 4.31. The van der Waals surface area contributed by atoms with Crippen molar-refractivity contribution in [3.63, 3.8) is 0 Å². The number of rotatable bonds is 6. The molecule has 1 heterocycles. The molecule has 0 saturated heterocycles. The smallest absolute Gasteiger partial charge is 0.233 e. The van der Waals surface area contributed by atoms with Crippen LogP contribution in [0.15, 0.2) is 5.16 Å². The molecule has 0 fully saturated rings. The number of thioether (sulfide) groups is 1. The first-order chi connectivity index (χ1) is 8.04. The van der Waals surface area contributed by atoms with Crippen molar-refractivity contribution in [2.45, 2.75) is 43.8 Å². The molecule has 8 heteroatoms. The fourth-order valence-corrected chi connectivity index (χ4v) is 1.95. The monoisotopic (exact) mass is 259 g/mol. The van der Waals surface area contributed by atoms with E-state index in [9.17, 15) is 4.79 Å². The number of aliphatic hydroxyl groups excluding tert-OH is 1. The van der Waals surface area contributed by atoms with E-state index in [1.54, 1.807) is 6.92 Å². The summed E-state index contributed by atoms with van der Waals surface area (Å²) >= 11 is 1.27. The molecule has 96 valence electrons. The van der Waals surface area contributed by atoms with Crippen LogP contribution in [-0.2, 0) is 11.3 Å². The number of amides is 1. The largest absolute Gasteiger partial charge is 0.394 e.